The number of hydrogen-bond donors (Lipinski definition) is 1. The highest BCUT2D eigenvalue weighted by atomic mass is 79.9. The highest BCUT2D eigenvalue weighted by Crippen LogP contribution is 2.36. The van der Waals surface area contributed by atoms with E-state index in [0.29, 0.717) is 6.42 Å². The fourth-order valence-electron chi connectivity index (χ4n) is 2.83. The third-order valence-corrected chi connectivity index (χ3v) is 5.98. The van der Waals surface area contributed by atoms with E-state index in [9.17, 15) is 5.11 Å². The Kier molecular flexibility index (Phi) is 5.24. The lowest BCUT2D eigenvalue weighted by Crippen LogP contribution is -2.45. The first-order valence-electron chi connectivity index (χ1n) is 6.63. The number of aliphatic hydroxyl groups excluding tert-OH is 1. The van der Waals surface area contributed by atoms with Crippen molar-refractivity contribution < 1.29 is 9.84 Å². The zero-order valence-corrected chi connectivity index (χ0v) is 13.2. The highest BCUT2D eigenvalue weighted by Gasteiger charge is 2.38. The van der Waals surface area contributed by atoms with E-state index in [0.717, 1.165) is 30.2 Å². The van der Waals surface area contributed by atoms with Crippen LogP contribution >= 0.6 is 27.3 Å². The second-order valence-electron chi connectivity index (χ2n) is 5.09. The summed E-state index contributed by atoms with van der Waals surface area (Å²) in [5.41, 5.74) is -0.333. The number of halogens is 1. The molecule has 1 aromatic rings. The highest BCUT2D eigenvalue weighted by molar-refractivity contribution is 9.10. The average molecular weight is 333 g/mol. The Bertz CT molecular complexity index is 370. The maximum atomic E-state index is 10.6. The summed E-state index contributed by atoms with van der Waals surface area (Å²) in [5.74, 6) is 0. The van der Waals surface area contributed by atoms with Gasteiger partial charge in [-0.3, -0.25) is 0 Å². The lowest BCUT2D eigenvalue weighted by atomic mass is 9.86. The molecule has 0 amide bonds. The van der Waals surface area contributed by atoms with Gasteiger partial charge < -0.3 is 9.84 Å². The zero-order valence-electron chi connectivity index (χ0n) is 10.8. The molecular weight excluding hydrogens is 312 g/mol. The molecule has 0 saturated heterocycles. The SMILES string of the molecule is COC1(C(O)Cc2sccc2Br)CCCCCC1. The van der Waals surface area contributed by atoms with Crippen LogP contribution in [0.2, 0.25) is 0 Å². The van der Waals surface area contributed by atoms with Crippen LogP contribution in [0.25, 0.3) is 0 Å². The summed E-state index contributed by atoms with van der Waals surface area (Å²) in [6, 6.07) is 2.04. The molecule has 1 aliphatic rings. The number of rotatable bonds is 4. The third kappa shape index (κ3) is 3.16. The first-order valence-corrected chi connectivity index (χ1v) is 8.30. The van der Waals surface area contributed by atoms with Gasteiger partial charge in [-0.25, -0.2) is 0 Å². The number of methoxy groups -OCH3 is 1. The van der Waals surface area contributed by atoms with E-state index < -0.39 is 6.10 Å². The van der Waals surface area contributed by atoms with Gasteiger partial charge in [-0.05, 0) is 40.2 Å². The van der Waals surface area contributed by atoms with Crippen molar-refractivity contribution in [2.24, 2.45) is 0 Å². The van der Waals surface area contributed by atoms with E-state index in [1.54, 1.807) is 18.4 Å². The van der Waals surface area contributed by atoms with Crippen LogP contribution in [0, 0.1) is 0 Å². The van der Waals surface area contributed by atoms with Crippen LogP contribution in [0.5, 0.6) is 0 Å². The summed E-state index contributed by atoms with van der Waals surface area (Å²) in [6.45, 7) is 0. The van der Waals surface area contributed by atoms with Crippen LogP contribution in [0.15, 0.2) is 15.9 Å². The molecule has 1 N–H and O–H groups in total. The molecule has 0 radical (unpaired) electrons. The predicted octanol–water partition coefficient (Wildman–Crippen LogP) is 4.15. The summed E-state index contributed by atoms with van der Waals surface area (Å²) in [5, 5.41) is 12.7. The second kappa shape index (κ2) is 6.51. The van der Waals surface area contributed by atoms with E-state index >= 15 is 0 Å². The van der Waals surface area contributed by atoms with Crippen LogP contribution in [0.4, 0.5) is 0 Å². The second-order valence-corrected chi connectivity index (χ2v) is 6.95. The largest absolute Gasteiger partial charge is 0.390 e. The number of hydrogen-bond acceptors (Lipinski definition) is 3. The molecule has 1 aromatic heterocycles. The summed E-state index contributed by atoms with van der Waals surface area (Å²) in [7, 11) is 1.75. The number of aliphatic hydroxyl groups is 1. The lowest BCUT2D eigenvalue weighted by molar-refractivity contribution is -0.110. The molecule has 0 spiro atoms. The van der Waals surface area contributed by atoms with Crippen molar-refractivity contribution >= 4 is 27.3 Å². The lowest BCUT2D eigenvalue weighted by Gasteiger charge is -2.36. The molecular formula is C14H21BrO2S. The monoisotopic (exact) mass is 332 g/mol. The van der Waals surface area contributed by atoms with E-state index in [1.165, 1.54) is 17.7 Å². The van der Waals surface area contributed by atoms with Crippen LogP contribution in [-0.2, 0) is 11.2 Å². The Morgan fingerprint density at radius 3 is 2.56 bits per heavy atom. The Morgan fingerprint density at radius 1 is 1.39 bits per heavy atom. The van der Waals surface area contributed by atoms with Crippen LogP contribution in [0.3, 0.4) is 0 Å². The van der Waals surface area contributed by atoms with Crippen molar-refractivity contribution in [3.05, 3.63) is 20.8 Å². The summed E-state index contributed by atoms with van der Waals surface area (Å²) >= 11 is 5.23. The minimum atomic E-state index is -0.407. The summed E-state index contributed by atoms with van der Waals surface area (Å²) in [4.78, 5) is 1.21. The Balaban J connectivity index is 2.08. The van der Waals surface area contributed by atoms with Gasteiger partial charge in [0.15, 0.2) is 0 Å². The van der Waals surface area contributed by atoms with Crippen molar-refractivity contribution in [1.29, 1.82) is 0 Å². The topological polar surface area (TPSA) is 29.5 Å². The van der Waals surface area contributed by atoms with Crippen molar-refractivity contribution in [3.63, 3.8) is 0 Å². The third-order valence-electron chi connectivity index (χ3n) is 4.03. The van der Waals surface area contributed by atoms with E-state index in [-0.39, 0.29) is 5.60 Å². The smallest absolute Gasteiger partial charge is 0.0939 e. The first-order chi connectivity index (χ1) is 8.68. The zero-order chi connectivity index (χ0) is 13.0. The van der Waals surface area contributed by atoms with Gasteiger partial charge in [-0.2, -0.15) is 0 Å². The standard InChI is InChI=1S/C14H21BrO2S/c1-17-14(7-4-2-3-5-8-14)13(16)10-12-11(15)6-9-18-12/h6,9,13,16H,2-5,7-8,10H2,1H3. The molecule has 102 valence electrons. The van der Waals surface area contributed by atoms with Gasteiger partial charge in [0.2, 0.25) is 0 Å². The number of ether oxygens (including phenoxy) is 1. The maximum absolute atomic E-state index is 10.6. The van der Waals surface area contributed by atoms with Crippen molar-refractivity contribution in [1.82, 2.24) is 0 Å². The summed E-state index contributed by atoms with van der Waals surface area (Å²) < 4.78 is 6.85. The molecule has 2 rings (SSSR count). The average Bonchev–Trinajstić information content (AvgIpc) is 2.66. The maximum Gasteiger partial charge on any atom is 0.0939 e. The Morgan fingerprint density at radius 2 is 2.06 bits per heavy atom. The van der Waals surface area contributed by atoms with Crippen LogP contribution in [0.1, 0.15) is 43.4 Å². The van der Waals surface area contributed by atoms with Gasteiger partial charge in [-0.15, -0.1) is 11.3 Å². The van der Waals surface area contributed by atoms with Gasteiger partial charge >= 0.3 is 0 Å². The van der Waals surface area contributed by atoms with Gasteiger partial charge in [0.05, 0.1) is 11.7 Å². The molecule has 1 heterocycles. The van der Waals surface area contributed by atoms with Crippen molar-refractivity contribution in [2.75, 3.05) is 7.11 Å². The van der Waals surface area contributed by atoms with Crippen LogP contribution in [-0.4, -0.2) is 23.9 Å². The molecule has 18 heavy (non-hydrogen) atoms. The molecule has 1 aliphatic carbocycles. The Labute approximate surface area is 121 Å². The van der Waals surface area contributed by atoms with Gasteiger partial charge in [0.25, 0.3) is 0 Å². The van der Waals surface area contributed by atoms with E-state index in [4.69, 9.17) is 4.74 Å². The quantitative estimate of drug-likeness (QED) is 0.839. The summed E-state index contributed by atoms with van der Waals surface area (Å²) in [6.07, 6.45) is 7.09. The fraction of sp³-hybridized carbons (Fsp3) is 0.714. The molecule has 4 heteroatoms. The minimum Gasteiger partial charge on any atom is -0.390 e. The molecule has 1 fully saturated rings. The van der Waals surface area contributed by atoms with Crippen molar-refractivity contribution in [3.8, 4) is 0 Å². The molecule has 2 nitrogen and oxygen atoms in total. The molecule has 0 aliphatic heterocycles. The molecule has 0 aromatic carbocycles. The number of thiophene rings is 1. The molecule has 1 atom stereocenters. The normalized spacial score (nSPS) is 21.5. The fourth-order valence-corrected chi connectivity index (χ4v) is 4.39. The molecule has 1 saturated carbocycles. The van der Waals surface area contributed by atoms with E-state index in [1.807, 2.05) is 6.07 Å². The molecule has 0 bridgehead atoms. The van der Waals surface area contributed by atoms with Gasteiger partial charge in [0.1, 0.15) is 0 Å². The van der Waals surface area contributed by atoms with Gasteiger partial charge in [-0.1, -0.05) is 25.7 Å². The molecule has 1 unspecified atom stereocenters. The Hall–Kier alpha value is 0.100. The minimum absolute atomic E-state index is 0.333. The van der Waals surface area contributed by atoms with Gasteiger partial charge in [0, 0.05) is 22.9 Å². The van der Waals surface area contributed by atoms with Crippen molar-refractivity contribution in [2.45, 2.75) is 56.7 Å². The predicted molar refractivity (Wildman–Crippen MR) is 79.2 cm³/mol. The van der Waals surface area contributed by atoms with E-state index in [2.05, 4.69) is 21.3 Å². The van der Waals surface area contributed by atoms with Crippen LogP contribution < -0.4 is 0 Å². The first kappa shape index (κ1) is 14.5.